The second-order valence-electron chi connectivity index (χ2n) is 5.83. The summed E-state index contributed by atoms with van der Waals surface area (Å²) in [5, 5.41) is 0. The Morgan fingerprint density at radius 3 is 2.52 bits per heavy atom. The predicted molar refractivity (Wildman–Crippen MR) is 75.7 cm³/mol. The Morgan fingerprint density at radius 2 is 1.86 bits per heavy atom. The summed E-state index contributed by atoms with van der Waals surface area (Å²) in [7, 11) is 0. The summed E-state index contributed by atoms with van der Waals surface area (Å²) in [5.41, 5.74) is 0.888. The third kappa shape index (κ3) is 3.06. The van der Waals surface area contributed by atoms with Gasteiger partial charge >= 0.3 is 0 Å². The van der Waals surface area contributed by atoms with Crippen LogP contribution in [0.4, 0.5) is 4.39 Å². The van der Waals surface area contributed by atoms with Gasteiger partial charge in [-0.3, -0.25) is 9.59 Å². The van der Waals surface area contributed by atoms with Crippen molar-refractivity contribution in [2.24, 2.45) is 5.92 Å². The van der Waals surface area contributed by atoms with Gasteiger partial charge in [-0.1, -0.05) is 12.1 Å². The van der Waals surface area contributed by atoms with E-state index in [0.29, 0.717) is 19.5 Å². The molecule has 2 heterocycles. The Balaban J connectivity index is 1.61. The van der Waals surface area contributed by atoms with E-state index >= 15 is 0 Å². The van der Waals surface area contributed by atoms with E-state index in [1.54, 1.807) is 17.0 Å². The van der Waals surface area contributed by atoms with Crippen LogP contribution in [0.5, 0.6) is 0 Å². The van der Waals surface area contributed by atoms with Crippen LogP contribution in [0.25, 0.3) is 0 Å². The van der Waals surface area contributed by atoms with E-state index in [2.05, 4.69) is 0 Å². The van der Waals surface area contributed by atoms with Crippen molar-refractivity contribution >= 4 is 11.8 Å². The van der Waals surface area contributed by atoms with E-state index in [9.17, 15) is 14.0 Å². The molecule has 0 radical (unpaired) electrons. The number of carbonyl (C=O) groups excluding carboxylic acids is 2. The maximum absolute atomic E-state index is 12.9. The molecule has 0 aromatic heterocycles. The smallest absolute Gasteiger partial charge is 0.227 e. The van der Waals surface area contributed by atoms with Gasteiger partial charge in [-0.05, 0) is 30.5 Å². The van der Waals surface area contributed by atoms with Crippen LogP contribution in [0, 0.1) is 11.7 Å². The lowest BCUT2D eigenvalue weighted by Gasteiger charge is -2.20. The van der Waals surface area contributed by atoms with Crippen molar-refractivity contribution in [2.45, 2.75) is 25.8 Å². The van der Waals surface area contributed by atoms with Crippen molar-refractivity contribution in [1.82, 2.24) is 9.80 Å². The Kier molecular flexibility index (Phi) is 3.90. The van der Waals surface area contributed by atoms with Crippen molar-refractivity contribution in [3.05, 3.63) is 35.6 Å². The topological polar surface area (TPSA) is 40.6 Å². The highest BCUT2D eigenvalue weighted by Gasteiger charge is 2.36. The van der Waals surface area contributed by atoms with Crippen LogP contribution < -0.4 is 0 Å². The van der Waals surface area contributed by atoms with Crippen LogP contribution in [-0.4, -0.2) is 41.2 Å². The average Bonchev–Trinajstić information content (AvgIpc) is 3.11. The molecule has 2 amide bonds. The van der Waals surface area contributed by atoms with E-state index in [1.165, 1.54) is 12.1 Å². The molecule has 112 valence electrons. The van der Waals surface area contributed by atoms with Gasteiger partial charge in [-0.15, -0.1) is 0 Å². The number of carbonyl (C=O) groups is 2. The molecule has 2 aliphatic heterocycles. The molecule has 0 N–H and O–H groups in total. The normalized spacial score (nSPS) is 22.1. The van der Waals surface area contributed by atoms with E-state index in [1.807, 2.05) is 4.90 Å². The molecule has 4 nitrogen and oxygen atoms in total. The highest BCUT2D eigenvalue weighted by atomic mass is 19.1. The summed E-state index contributed by atoms with van der Waals surface area (Å²) in [6, 6.07) is 6.14. The molecule has 0 spiro atoms. The number of halogens is 1. The lowest BCUT2D eigenvalue weighted by Crippen LogP contribution is -2.35. The molecule has 0 aliphatic carbocycles. The Morgan fingerprint density at radius 1 is 1.19 bits per heavy atom. The van der Waals surface area contributed by atoms with Crippen molar-refractivity contribution < 1.29 is 14.0 Å². The number of amides is 2. The van der Waals surface area contributed by atoms with E-state index in [0.717, 1.165) is 31.5 Å². The van der Waals surface area contributed by atoms with Crippen molar-refractivity contribution in [1.29, 1.82) is 0 Å². The van der Waals surface area contributed by atoms with Gasteiger partial charge in [0.05, 0.1) is 5.92 Å². The minimum Gasteiger partial charge on any atom is -0.342 e. The molecule has 0 bridgehead atoms. The fourth-order valence-electron chi connectivity index (χ4n) is 3.10. The number of rotatable bonds is 3. The largest absolute Gasteiger partial charge is 0.342 e. The maximum Gasteiger partial charge on any atom is 0.227 e. The lowest BCUT2D eigenvalue weighted by molar-refractivity contribution is -0.134. The molecule has 2 saturated heterocycles. The van der Waals surface area contributed by atoms with Gasteiger partial charge in [-0.2, -0.15) is 0 Å². The SMILES string of the molecule is O=C1CC(C(=O)N2CCCC2)CN1Cc1ccc(F)cc1. The number of benzene rings is 1. The summed E-state index contributed by atoms with van der Waals surface area (Å²) in [6.07, 6.45) is 2.42. The molecule has 1 aromatic rings. The van der Waals surface area contributed by atoms with Crippen molar-refractivity contribution in [3.8, 4) is 0 Å². The molecule has 21 heavy (non-hydrogen) atoms. The zero-order valence-electron chi connectivity index (χ0n) is 11.9. The molecular weight excluding hydrogens is 271 g/mol. The van der Waals surface area contributed by atoms with Gasteiger partial charge in [0.1, 0.15) is 5.82 Å². The fourth-order valence-corrected chi connectivity index (χ4v) is 3.10. The Bertz CT molecular complexity index is 538. The molecule has 5 heteroatoms. The second-order valence-corrected chi connectivity index (χ2v) is 5.83. The predicted octanol–water partition coefficient (Wildman–Crippen LogP) is 1.80. The zero-order chi connectivity index (χ0) is 14.8. The fraction of sp³-hybridized carbons (Fsp3) is 0.500. The zero-order valence-corrected chi connectivity index (χ0v) is 11.9. The van der Waals surface area contributed by atoms with E-state index in [4.69, 9.17) is 0 Å². The second kappa shape index (κ2) is 5.84. The number of hydrogen-bond donors (Lipinski definition) is 0. The number of likely N-dealkylation sites (tertiary alicyclic amines) is 2. The first-order valence-electron chi connectivity index (χ1n) is 7.44. The first-order chi connectivity index (χ1) is 10.1. The third-order valence-corrected chi connectivity index (χ3v) is 4.27. The lowest BCUT2D eigenvalue weighted by atomic mass is 10.1. The molecule has 2 fully saturated rings. The average molecular weight is 290 g/mol. The summed E-state index contributed by atoms with van der Waals surface area (Å²) in [6.45, 7) is 2.57. The summed E-state index contributed by atoms with van der Waals surface area (Å²) in [5.74, 6) is -0.371. The molecule has 3 rings (SSSR count). The van der Waals surface area contributed by atoms with Gasteiger partial charge in [-0.25, -0.2) is 4.39 Å². The van der Waals surface area contributed by atoms with Crippen molar-refractivity contribution in [2.75, 3.05) is 19.6 Å². The van der Waals surface area contributed by atoms with Gasteiger partial charge in [0.2, 0.25) is 11.8 Å². The molecule has 1 unspecified atom stereocenters. The highest BCUT2D eigenvalue weighted by molar-refractivity contribution is 5.89. The summed E-state index contributed by atoms with van der Waals surface area (Å²) < 4.78 is 12.9. The van der Waals surface area contributed by atoms with Crippen molar-refractivity contribution in [3.63, 3.8) is 0 Å². The number of hydrogen-bond acceptors (Lipinski definition) is 2. The van der Waals surface area contributed by atoms with E-state index in [-0.39, 0.29) is 23.5 Å². The van der Waals surface area contributed by atoms with Crippen LogP contribution in [0.1, 0.15) is 24.8 Å². The molecule has 0 saturated carbocycles. The molecule has 1 atom stereocenters. The molecular formula is C16H19FN2O2. The quantitative estimate of drug-likeness (QED) is 0.851. The first kappa shape index (κ1) is 14.0. The van der Waals surface area contributed by atoms with Gasteiger partial charge in [0.25, 0.3) is 0 Å². The third-order valence-electron chi connectivity index (χ3n) is 4.27. The monoisotopic (exact) mass is 290 g/mol. The Hall–Kier alpha value is -1.91. The molecule has 1 aromatic carbocycles. The van der Waals surface area contributed by atoms with Gasteiger partial charge < -0.3 is 9.80 Å². The van der Waals surface area contributed by atoms with Crippen LogP contribution >= 0.6 is 0 Å². The number of nitrogens with zero attached hydrogens (tertiary/aromatic N) is 2. The van der Waals surface area contributed by atoms with Crippen LogP contribution in [-0.2, 0) is 16.1 Å². The Labute approximate surface area is 123 Å². The van der Waals surface area contributed by atoms with Gasteiger partial charge in [0, 0.05) is 32.6 Å². The minimum absolute atomic E-state index is 0.0110. The van der Waals surface area contributed by atoms with Crippen LogP contribution in [0.3, 0.4) is 0 Å². The summed E-state index contributed by atoms with van der Waals surface area (Å²) in [4.78, 5) is 28.0. The molecule has 2 aliphatic rings. The van der Waals surface area contributed by atoms with E-state index < -0.39 is 0 Å². The maximum atomic E-state index is 12.9. The first-order valence-corrected chi connectivity index (χ1v) is 7.44. The summed E-state index contributed by atoms with van der Waals surface area (Å²) >= 11 is 0. The van der Waals surface area contributed by atoms with Crippen LogP contribution in [0.2, 0.25) is 0 Å². The van der Waals surface area contributed by atoms with Crippen LogP contribution in [0.15, 0.2) is 24.3 Å². The highest BCUT2D eigenvalue weighted by Crippen LogP contribution is 2.23. The van der Waals surface area contributed by atoms with Gasteiger partial charge in [0.15, 0.2) is 0 Å². The standard InChI is InChI=1S/C16H19FN2O2/c17-14-5-3-12(4-6-14)10-19-11-13(9-15(19)20)16(21)18-7-1-2-8-18/h3-6,13H,1-2,7-11H2. The minimum atomic E-state index is -0.284.